The van der Waals surface area contributed by atoms with Crippen LogP contribution < -0.4 is 4.74 Å². The number of hydrogen-bond donors (Lipinski definition) is 2. The van der Waals surface area contributed by atoms with Crippen LogP contribution in [0.25, 0.3) is 0 Å². The van der Waals surface area contributed by atoms with Gasteiger partial charge in [0, 0.05) is 6.61 Å². The highest BCUT2D eigenvalue weighted by Gasteiger charge is 2.57. The minimum absolute atomic E-state index is 0.0250. The molecule has 6 atom stereocenters. The number of rotatable bonds is 5. The lowest BCUT2D eigenvalue weighted by atomic mass is 9.55. The largest absolute Gasteiger partial charge is 0.489 e. The second-order valence-corrected chi connectivity index (χ2v) is 10.0. The summed E-state index contributed by atoms with van der Waals surface area (Å²) in [5.41, 5.74) is 4.19. The van der Waals surface area contributed by atoms with E-state index < -0.39 is 0 Å². The van der Waals surface area contributed by atoms with Crippen LogP contribution in [0.3, 0.4) is 0 Å². The molecule has 3 aliphatic carbocycles. The van der Waals surface area contributed by atoms with Crippen molar-refractivity contribution in [3.05, 3.63) is 65.2 Å². The fourth-order valence-electron chi connectivity index (χ4n) is 6.98. The summed E-state index contributed by atoms with van der Waals surface area (Å²) in [4.78, 5) is 0. The molecule has 0 saturated heterocycles. The smallest absolute Gasteiger partial charge is 0.120 e. The Morgan fingerprint density at radius 1 is 1.10 bits per heavy atom. The molecule has 0 radical (unpaired) electrons. The summed E-state index contributed by atoms with van der Waals surface area (Å²) in [5.74, 6) is 3.07. The Morgan fingerprint density at radius 2 is 1.93 bits per heavy atom. The fraction of sp³-hybridized carbons (Fsp3) is 0.556. The van der Waals surface area contributed by atoms with E-state index in [4.69, 9.17) is 4.74 Å². The lowest BCUT2D eigenvalue weighted by Crippen LogP contribution is -2.44. The van der Waals surface area contributed by atoms with E-state index in [1.54, 1.807) is 0 Å². The highest BCUT2D eigenvalue weighted by Crippen LogP contribution is 2.62. The van der Waals surface area contributed by atoms with Gasteiger partial charge in [-0.15, -0.1) is 0 Å². The first-order chi connectivity index (χ1) is 14.6. The van der Waals surface area contributed by atoms with Gasteiger partial charge in [-0.1, -0.05) is 43.3 Å². The van der Waals surface area contributed by atoms with Crippen LogP contribution in [-0.2, 0) is 13.0 Å². The van der Waals surface area contributed by atoms with Crippen LogP contribution in [0.5, 0.6) is 5.75 Å². The molecule has 0 aliphatic heterocycles. The number of ether oxygens (including phenoxy) is 1. The van der Waals surface area contributed by atoms with E-state index in [0.717, 1.165) is 37.9 Å². The third kappa shape index (κ3) is 3.36. The minimum atomic E-state index is -0.259. The number of aryl methyl sites for hydroxylation is 1. The van der Waals surface area contributed by atoms with Gasteiger partial charge in [-0.2, -0.15) is 0 Å². The normalized spacial score (nSPS) is 34.7. The van der Waals surface area contributed by atoms with Crippen LogP contribution in [0.4, 0.5) is 0 Å². The molecule has 2 N–H and O–H groups in total. The van der Waals surface area contributed by atoms with Gasteiger partial charge in [0.2, 0.25) is 0 Å². The summed E-state index contributed by atoms with van der Waals surface area (Å²) in [6.45, 7) is 3.11. The first-order valence-corrected chi connectivity index (χ1v) is 11.7. The van der Waals surface area contributed by atoms with Gasteiger partial charge in [0.25, 0.3) is 0 Å². The number of fused-ring (bicyclic) bond motifs is 5. The van der Waals surface area contributed by atoms with E-state index in [1.807, 2.05) is 18.2 Å². The van der Waals surface area contributed by atoms with Gasteiger partial charge in [0.1, 0.15) is 12.4 Å². The molecule has 160 valence electrons. The lowest BCUT2D eigenvalue weighted by Gasteiger charge is -2.50. The summed E-state index contributed by atoms with van der Waals surface area (Å²) in [5, 5.41) is 20.5. The van der Waals surface area contributed by atoms with Gasteiger partial charge in [0.15, 0.2) is 0 Å². The second-order valence-electron chi connectivity index (χ2n) is 10.0. The summed E-state index contributed by atoms with van der Waals surface area (Å²) in [6, 6.07) is 17.1. The average Bonchev–Trinajstić information content (AvgIpc) is 3.03. The second kappa shape index (κ2) is 8.01. The number of aliphatic hydroxyl groups excluding tert-OH is 2. The molecule has 5 rings (SSSR count). The average molecular weight is 407 g/mol. The van der Waals surface area contributed by atoms with Gasteiger partial charge in [-0.25, -0.2) is 0 Å². The van der Waals surface area contributed by atoms with Crippen LogP contribution in [0.2, 0.25) is 0 Å². The fourth-order valence-corrected chi connectivity index (χ4v) is 6.98. The van der Waals surface area contributed by atoms with Crippen LogP contribution in [0, 0.1) is 23.2 Å². The molecular formula is C27H34O3. The zero-order valence-corrected chi connectivity index (χ0v) is 18.0. The SMILES string of the molecule is C[C@]12CCC3c4ccc(OCc5ccccc5)cc4CCC3[C@@H]1CC(CCO)[C@@H]2O. The van der Waals surface area contributed by atoms with Gasteiger partial charge >= 0.3 is 0 Å². The molecular weight excluding hydrogens is 372 g/mol. The maximum atomic E-state index is 11.0. The maximum Gasteiger partial charge on any atom is 0.120 e. The molecule has 0 spiro atoms. The third-order valence-electron chi connectivity index (χ3n) is 8.56. The van der Waals surface area contributed by atoms with Crippen molar-refractivity contribution < 1.29 is 14.9 Å². The Labute approximate surface area is 180 Å². The highest BCUT2D eigenvalue weighted by molar-refractivity contribution is 5.41. The third-order valence-corrected chi connectivity index (χ3v) is 8.56. The van der Waals surface area contributed by atoms with Crippen molar-refractivity contribution in [2.75, 3.05) is 6.61 Å². The molecule has 3 nitrogen and oxygen atoms in total. The van der Waals surface area contributed by atoms with Crippen molar-refractivity contribution in [3.8, 4) is 5.75 Å². The summed E-state index contributed by atoms with van der Waals surface area (Å²) < 4.78 is 6.08. The summed E-state index contributed by atoms with van der Waals surface area (Å²) in [7, 11) is 0. The van der Waals surface area contributed by atoms with Crippen molar-refractivity contribution in [1.82, 2.24) is 0 Å². The Balaban J connectivity index is 1.33. The molecule has 2 saturated carbocycles. The van der Waals surface area contributed by atoms with Crippen LogP contribution in [-0.4, -0.2) is 22.9 Å². The Hall–Kier alpha value is -1.84. The van der Waals surface area contributed by atoms with E-state index in [-0.39, 0.29) is 24.0 Å². The predicted molar refractivity (Wildman–Crippen MR) is 118 cm³/mol. The quantitative estimate of drug-likeness (QED) is 0.727. The molecule has 30 heavy (non-hydrogen) atoms. The molecule has 0 aromatic heterocycles. The molecule has 0 amide bonds. The predicted octanol–water partition coefficient (Wildman–Crippen LogP) is 5.09. The van der Waals surface area contributed by atoms with Crippen molar-refractivity contribution in [3.63, 3.8) is 0 Å². The van der Waals surface area contributed by atoms with Gasteiger partial charge < -0.3 is 14.9 Å². The van der Waals surface area contributed by atoms with Gasteiger partial charge in [0.05, 0.1) is 6.10 Å². The monoisotopic (exact) mass is 406 g/mol. The Kier molecular flexibility index (Phi) is 5.37. The molecule has 2 fully saturated rings. The first-order valence-electron chi connectivity index (χ1n) is 11.7. The highest BCUT2D eigenvalue weighted by atomic mass is 16.5. The van der Waals surface area contributed by atoms with Crippen molar-refractivity contribution >= 4 is 0 Å². The van der Waals surface area contributed by atoms with Crippen LogP contribution in [0.15, 0.2) is 48.5 Å². The first kappa shape index (κ1) is 20.1. The number of hydrogen-bond acceptors (Lipinski definition) is 3. The van der Waals surface area contributed by atoms with Crippen LogP contribution >= 0.6 is 0 Å². The molecule has 2 aromatic rings. The maximum absolute atomic E-state index is 11.0. The zero-order valence-electron chi connectivity index (χ0n) is 18.0. The minimum Gasteiger partial charge on any atom is -0.489 e. The summed E-state index contributed by atoms with van der Waals surface area (Å²) in [6.07, 6.45) is 6.12. The zero-order chi connectivity index (χ0) is 20.7. The lowest BCUT2D eigenvalue weighted by molar-refractivity contribution is -0.0345. The topological polar surface area (TPSA) is 49.7 Å². The molecule has 2 aromatic carbocycles. The molecule has 0 heterocycles. The van der Waals surface area contributed by atoms with E-state index in [9.17, 15) is 10.2 Å². The number of aliphatic hydroxyl groups is 2. The van der Waals surface area contributed by atoms with Gasteiger partial charge in [-0.3, -0.25) is 0 Å². The van der Waals surface area contributed by atoms with Crippen molar-refractivity contribution in [2.45, 2.75) is 64.1 Å². The Bertz CT molecular complexity index is 879. The molecule has 0 bridgehead atoms. The standard InChI is InChI=1S/C27H34O3/c1-27-13-11-23-22-10-8-21(30-17-18-5-3-2-4-6-18)15-19(22)7-9-24(23)25(27)16-20(12-14-28)26(27)29/h2-6,8,10,15,20,23-26,28-29H,7,9,11-14,16-17H2,1H3/t20?,23?,24?,25-,26-,27-/m0/s1. The Morgan fingerprint density at radius 3 is 2.73 bits per heavy atom. The van der Waals surface area contributed by atoms with Crippen molar-refractivity contribution in [2.24, 2.45) is 23.2 Å². The van der Waals surface area contributed by atoms with E-state index in [0.29, 0.717) is 24.4 Å². The van der Waals surface area contributed by atoms with Gasteiger partial charge in [-0.05, 0) is 96.4 Å². The molecule has 3 heteroatoms. The summed E-state index contributed by atoms with van der Waals surface area (Å²) >= 11 is 0. The molecule has 3 aliphatic rings. The van der Waals surface area contributed by atoms with E-state index in [1.165, 1.54) is 23.1 Å². The number of benzene rings is 2. The van der Waals surface area contributed by atoms with Crippen molar-refractivity contribution in [1.29, 1.82) is 0 Å². The van der Waals surface area contributed by atoms with E-state index >= 15 is 0 Å². The van der Waals surface area contributed by atoms with E-state index in [2.05, 4.69) is 37.3 Å². The van der Waals surface area contributed by atoms with Crippen LogP contribution in [0.1, 0.15) is 61.6 Å². The molecule has 3 unspecified atom stereocenters.